The van der Waals surface area contributed by atoms with Crippen LogP contribution in [0.15, 0.2) is 30.3 Å². The van der Waals surface area contributed by atoms with Gasteiger partial charge in [0.25, 0.3) is 0 Å². The van der Waals surface area contributed by atoms with Crippen molar-refractivity contribution in [3.63, 3.8) is 0 Å². The van der Waals surface area contributed by atoms with Crippen molar-refractivity contribution in [3.05, 3.63) is 35.9 Å². The Labute approximate surface area is 99.7 Å². The van der Waals surface area contributed by atoms with Gasteiger partial charge in [0.2, 0.25) is 0 Å². The molecule has 1 rings (SSSR count). The van der Waals surface area contributed by atoms with Crippen LogP contribution >= 0.6 is 0 Å². The average Bonchev–Trinajstić information content (AvgIpc) is 2.37. The average molecular weight is 237 g/mol. The van der Waals surface area contributed by atoms with Crippen LogP contribution in [0.5, 0.6) is 0 Å². The SMILES string of the molecule is CCC(=O)ONCC(=O)OCc1ccccc1. The van der Waals surface area contributed by atoms with Crippen molar-refractivity contribution in [2.45, 2.75) is 20.0 Å². The number of hydroxylamine groups is 1. The summed E-state index contributed by atoms with van der Waals surface area (Å²) in [4.78, 5) is 26.5. The molecule has 1 aromatic carbocycles. The van der Waals surface area contributed by atoms with Crippen molar-refractivity contribution in [1.82, 2.24) is 5.48 Å². The highest BCUT2D eigenvalue weighted by atomic mass is 16.7. The molecule has 1 aromatic rings. The predicted octanol–water partition coefficient (Wildman–Crippen LogP) is 1.19. The second-order valence-corrected chi connectivity index (χ2v) is 3.30. The lowest BCUT2D eigenvalue weighted by atomic mass is 10.2. The summed E-state index contributed by atoms with van der Waals surface area (Å²) in [5.74, 6) is -0.890. The summed E-state index contributed by atoms with van der Waals surface area (Å²) in [6.07, 6.45) is 0.256. The molecule has 92 valence electrons. The summed E-state index contributed by atoms with van der Waals surface area (Å²) in [5.41, 5.74) is 3.16. The Morgan fingerprint density at radius 3 is 2.53 bits per heavy atom. The van der Waals surface area contributed by atoms with Gasteiger partial charge in [-0.2, -0.15) is 0 Å². The second-order valence-electron chi connectivity index (χ2n) is 3.30. The lowest BCUT2D eigenvalue weighted by molar-refractivity contribution is -0.155. The number of carbonyl (C=O) groups excluding carboxylic acids is 2. The van der Waals surface area contributed by atoms with E-state index in [0.29, 0.717) is 0 Å². The summed E-state index contributed by atoms with van der Waals surface area (Å²) in [6.45, 7) is 1.72. The Morgan fingerprint density at radius 1 is 1.18 bits per heavy atom. The Hall–Kier alpha value is -1.88. The fourth-order valence-electron chi connectivity index (χ4n) is 1.04. The zero-order valence-corrected chi connectivity index (χ0v) is 9.64. The van der Waals surface area contributed by atoms with Gasteiger partial charge < -0.3 is 9.57 Å². The van der Waals surface area contributed by atoms with E-state index >= 15 is 0 Å². The van der Waals surface area contributed by atoms with E-state index in [1.807, 2.05) is 30.3 Å². The number of esters is 1. The van der Waals surface area contributed by atoms with Crippen LogP contribution in [0.1, 0.15) is 18.9 Å². The van der Waals surface area contributed by atoms with Gasteiger partial charge in [0.1, 0.15) is 13.2 Å². The second kappa shape index (κ2) is 7.40. The molecule has 0 saturated carbocycles. The molecule has 1 N–H and O–H groups in total. The number of hydrogen-bond acceptors (Lipinski definition) is 5. The maximum Gasteiger partial charge on any atom is 0.324 e. The quantitative estimate of drug-likeness (QED) is 0.594. The lowest BCUT2D eigenvalue weighted by Crippen LogP contribution is -2.27. The smallest absolute Gasteiger partial charge is 0.324 e. The first-order chi connectivity index (χ1) is 8.22. The highest BCUT2D eigenvalue weighted by Crippen LogP contribution is 2.00. The van der Waals surface area contributed by atoms with Crippen LogP contribution in [0.4, 0.5) is 0 Å². The number of nitrogens with one attached hydrogen (secondary N) is 1. The van der Waals surface area contributed by atoms with Crippen LogP contribution < -0.4 is 5.48 Å². The van der Waals surface area contributed by atoms with Crippen LogP contribution in [0, 0.1) is 0 Å². The molecule has 0 fully saturated rings. The van der Waals surface area contributed by atoms with E-state index in [9.17, 15) is 9.59 Å². The van der Waals surface area contributed by atoms with Crippen LogP contribution in [0.25, 0.3) is 0 Å². The molecule has 0 aromatic heterocycles. The lowest BCUT2D eigenvalue weighted by Gasteiger charge is -2.06. The maximum absolute atomic E-state index is 11.2. The van der Waals surface area contributed by atoms with Gasteiger partial charge >= 0.3 is 11.9 Å². The van der Waals surface area contributed by atoms with Gasteiger partial charge in [-0.25, -0.2) is 0 Å². The van der Waals surface area contributed by atoms with Crippen molar-refractivity contribution in [2.24, 2.45) is 0 Å². The minimum Gasteiger partial charge on any atom is -0.460 e. The van der Waals surface area contributed by atoms with Crippen LogP contribution in [0.3, 0.4) is 0 Å². The summed E-state index contributed by atoms with van der Waals surface area (Å²) in [5, 5.41) is 0. The van der Waals surface area contributed by atoms with Gasteiger partial charge in [0, 0.05) is 6.42 Å². The first-order valence-corrected chi connectivity index (χ1v) is 5.34. The third-order valence-electron chi connectivity index (χ3n) is 1.93. The molecule has 17 heavy (non-hydrogen) atoms. The molecule has 0 radical (unpaired) electrons. The molecule has 0 unspecified atom stereocenters. The molecular weight excluding hydrogens is 222 g/mol. The van der Waals surface area contributed by atoms with Crippen LogP contribution in [-0.2, 0) is 25.8 Å². The molecule has 0 atom stereocenters. The first kappa shape index (κ1) is 13.2. The predicted molar refractivity (Wildman–Crippen MR) is 60.6 cm³/mol. The van der Waals surface area contributed by atoms with E-state index in [-0.39, 0.29) is 19.6 Å². The Morgan fingerprint density at radius 2 is 1.88 bits per heavy atom. The molecule has 0 aliphatic rings. The summed E-state index contributed by atoms with van der Waals surface area (Å²) < 4.78 is 4.95. The van der Waals surface area contributed by atoms with Crippen molar-refractivity contribution in [3.8, 4) is 0 Å². The fraction of sp³-hybridized carbons (Fsp3) is 0.333. The summed E-state index contributed by atoms with van der Waals surface area (Å²) in [7, 11) is 0. The highest BCUT2D eigenvalue weighted by Gasteiger charge is 2.04. The Kier molecular flexibility index (Phi) is 5.74. The van der Waals surface area contributed by atoms with E-state index in [1.165, 1.54) is 0 Å². The summed E-state index contributed by atoms with van der Waals surface area (Å²) >= 11 is 0. The molecule has 0 bridgehead atoms. The normalized spacial score (nSPS) is 9.71. The molecule has 5 nitrogen and oxygen atoms in total. The number of ether oxygens (including phenoxy) is 1. The molecule has 0 saturated heterocycles. The minimum atomic E-state index is -0.474. The van der Waals surface area contributed by atoms with Gasteiger partial charge in [0.05, 0.1) is 0 Å². The summed E-state index contributed by atoms with van der Waals surface area (Å²) in [6, 6.07) is 9.33. The van der Waals surface area contributed by atoms with Gasteiger partial charge in [-0.1, -0.05) is 37.3 Å². The van der Waals surface area contributed by atoms with Crippen LogP contribution in [-0.4, -0.2) is 18.5 Å². The molecular formula is C12H15NO4. The molecule has 5 heteroatoms. The zero-order chi connectivity index (χ0) is 12.5. The standard InChI is InChI=1S/C12H15NO4/c1-2-11(14)17-13-8-12(15)16-9-10-6-4-3-5-7-10/h3-7,13H,2,8-9H2,1H3. The fourth-order valence-corrected chi connectivity index (χ4v) is 1.04. The van der Waals surface area contributed by atoms with Crippen LogP contribution in [0.2, 0.25) is 0 Å². The molecule has 0 spiro atoms. The number of rotatable bonds is 6. The van der Waals surface area contributed by atoms with Gasteiger partial charge in [0.15, 0.2) is 0 Å². The van der Waals surface area contributed by atoms with Crippen molar-refractivity contribution >= 4 is 11.9 Å². The highest BCUT2D eigenvalue weighted by molar-refractivity contribution is 5.72. The van der Waals surface area contributed by atoms with Gasteiger partial charge in [-0.3, -0.25) is 9.59 Å². The van der Waals surface area contributed by atoms with E-state index in [4.69, 9.17) is 4.74 Å². The number of hydrogen-bond donors (Lipinski definition) is 1. The Bertz CT molecular complexity index is 364. The van der Waals surface area contributed by atoms with Crippen molar-refractivity contribution < 1.29 is 19.2 Å². The molecule has 0 aliphatic heterocycles. The molecule has 0 heterocycles. The third-order valence-corrected chi connectivity index (χ3v) is 1.93. The number of carbonyl (C=O) groups is 2. The maximum atomic E-state index is 11.2. The van der Waals surface area contributed by atoms with E-state index < -0.39 is 11.9 Å². The topological polar surface area (TPSA) is 64.6 Å². The Balaban J connectivity index is 2.16. The van der Waals surface area contributed by atoms with Crippen molar-refractivity contribution in [1.29, 1.82) is 0 Å². The van der Waals surface area contributed by atoms with Crippen molar-refractivity contribution in [2.75, 3.05) is 6.54 Å². The largest absolute Gasteiger partial charge is 0.460 e. The van der Waals surface area contributed by atoms with Gasteiger partial charge in [-0.05, 0) is 5.56 Å². The molecule has 0 amide bonds. The third kappa shape index (κ3) is 5.67. The molecule has 0 aliphatic carbocycles. The minimum absolute atomic E-state index is 0.154. The van der Waals surface area contributed by atoms with E-state index in [0.717, 1.165) is 5.56 Å². The van der Waals surface area contributed by atoms with E-state index in [1.54, 1.807) is 6.92 Å². The number of benzene rings is 1. The monoisotopic (exact) mass is 237 g/mol. The zero-order valence-electron chi connectivity index (χ0n) is 9.64. The van der Waals surface area contributed by atoms with Gasteiger partial charge in [-0.15, -0.1) is 5.48 Å². The first-order valence-electron chi connectivity index (χ1n) is 5.34. The van der Waals surface area contributed by atoms with E-state index in [2.05, 4.69) is 10.3 Å².